The van der Waals surface area contributed by atoms with E-state index in [1.54, 1.807) is 24.3 Å². The van der Waals surface area contributed by atoms with Gasteiger partial charge < -0.3 is 25.8 Å². The lowest BCUT2D eigenvalue weighted by molar-refractivity contribution is -0.125. The van der Waals surface area contributed by atoms with Crippen molar-refractivity contribution in [2.75, 3.05) is 26.3 Å². The summed E-state index contributed by atoms with van der Waals surface area (Å²) in [6.07, 6.45) is 0. The topological polar surface area (TPSA) is 103 Å². The molecule has 0 aliphatic carbocycles. The average Bonchev–Trinajstić information content (AvgIpc) is 2.70. The third-order valence-corrected chi connectivity index (χ3v) is 3.73. The molecule has 4 N–H and O–H groups in total. The second-order valence-electron chi connectivity index (χ2n) is 5.55. The second kappa shape index (κ2) is 11.1. The zero-order valence-electron chi connectivity index (χ0n) is 14.7. The van der Waals surface area contributed by atoms with E-state index in [-0.39, 0.29) is 24.9 Å². The normalized spacial score (nSPS) is 10.1. The van der Waals surface area contributed by atoms with Crippen LogP contribution in [0.5, 0.6) is 11.5 Å². The van der Waals surface area contributed by atoms with Crippen LogP contribution < -0.4 is 25.8 Å². The van der Waals surface area contributed by atoms with Gasteiger partial charge in [-0.15, -0.1) is 0 Å². The number of carbonyl (C=O) groups excluding carboxylic acids is 2. The first-order chi connectivity index (χ1) is 13.1. The number of halogens is 1. The highest BCUT2D eigenvalue weighted by atomic mass is 35.5. The molecule has 2 rings (SSSR count). The van der Waals surface area contributed by atoms with Gasteiger partial charge in [0.25, 0.3) is 0 Å². The van der Waals surface area contributed by atoms with Crippen molar-refractivity contribution >= 4 is 23.4 Å². The number of amides is 2. The maximum atomic E-state index is 11.6. The van der Waals surface area contributed by atoms with E-state index in [1.807, 2.05) is 24.3 Å². The summed E-state index contributed by atoms with van der Waals surface area (Å²) in [7, 11) is 0. The molecule has 0 aliphatic rings. The molecule has 0 fully saturated rings. The first-order valence-electron chi connectivity index (χ1n) is 8.40. The molecule has 0 unspecified atom stereocenters. The number of hydrogen-bond donors (Lipinski definition) is 3. The summed E-state index contributed by atoms with van der Waals surface area (Å²) >= 11 is 5.82. The van der Waals surface area contributed by atoms with Crippen LogP contribution >= 0.6 is 11.6 Å². The molecular formula is C19H22ClN3O4. The molecule has 0 atom stereocenters. The fourth-order valence-electron chi connectivity index (χ4n) is 2.07. The van der Waals surface area contributed by atoms with E-state index in [2.05, 4.69) is 10.6 Å². The monoisotopic (exact) mass is 391 g/mol. The van der Waals surface area contributed by atoms with Gasteiger partial charge in [-0.2, -0.15) is 0 Å². The van der Waals surface area contributed by atoms with Crippen LogP contribution in [0.2, 0.25) is 5.02 Å². The van der Waals surface area contributed by atoms with Crippen LogP contribution in [0.25, 0.3) is 0 Å². The summed E-state index contributed by atoms with van der Waals surface area (Å²) in [4.78, 5) is 22.6. The van der Waals surface area contributed by atoms with Gasteiger partial charge in [0.05, 0.1) is 13.1 Å². The Morgan fingerprint density at radius 1 is 0.852 bits per heavy atom. The van der Waals surface area contributed by atoms with Crippen molar-refractivity contribution in [2.24, 2.45) is 5.73 Å². The highest BCUT2D eigenvalue weighted by Gasteiger charge is 2.04. The molecule has 2 amide bonds. The Hall–Kier alpha value is -2.77. The number of ether oxygens (including phenoxy) is 2. The third-order valence-electron chi connectivity index (χ3n) is 3.48. The largest absolute Gasteiger partial charge is 0.490 e. The summed E-state index contributed by atoms with van der Waals surface area (Å²) < 4.78 is 11.2. The maximum absolute atomic E-state index is 11.6. The van der Waals surface area contributed by atoms with Crippen LogP contribution in [0, 0.1) is 0 Å². The van der Waals surface area contributed by atoms with Crippen LogP contribution in [-0.2, 0) is 16.1 Å². The molecule has 0 heterocycles. The molecule has 0 aliphatic heterocycles. The third kappa shape index (κ3) is 7.98. The Labute approximate surface area is 162 Å². The van der Waals surface area contributed by atoms with Crippen molar-refractivity contribution in [1.29, 1.82) is 0 Å². The van der Waals surface area contributed by atoms with E-state index in [9.17, 15) is 9.59 Å². The van der Waals surface area contributed by atoms with E-state index in [1.165, 1.54) is 0 Å². The Kier molecular flexibility index (Phi) is 8.41. The smallest absolute Gasteiger partial charge is 0.239 e. The summed E-state index contributed by atoms with van der Waals surface area (Å²) in [6, 6.07) is 14.5. The number of hydrogen-bond acceptors (Lipinski definition) is 5. The Bertz CT molecular complexity index is 736. The van der Waals surface area contributed by atoms with E-state index in [4.69, 9.17) is 26.8 Å². The van der Waals surface area contributed by atoms with E-state index < -0.39 is 0 Å². The Morgan fingerprint density at radius 3 is 1.96 bits per heavy atom. The number of benzene rings is 2. The zero-order valence-corrected chi connectivity index (χ0v) is 15.5. The van der Waals surface area contributed by atoms with Crippen molar-refractivity contribution in [2.45, 2.75) is 6.54 Å². The van der Waals surface area contributed by atoms with Gasteiger partial charge in [-0.05, 0) is 42.0 Å². The van der Waals surface area contributed by atoms with Gasteiger partial charge in [-0.25, -0.2) is 0 Å². The molecule has 0 saturated carbocycles. The number of rotatable bonds is 10. The number of nitrogens with two attached hydrogens (primary N) is 1. The predicted octanol–water partition coefficient (Wildman–Crippen LogP) is 1.49. The van der Waals surface area contributed by atoms with Crippen LogP contribution in [-0.4, -0.2) is 38.1 Å². The molecule has 7 nitrogen and oxygen atoms in total. The van der Waals surface area contributed by atoms with E-state index in [0.717, 1.165) is 11.3 Å². The summed E-state index contributed by atoms with van der Waals surface area (Å²) in [5, 5.41) is 5.78. The van der Waals surface area contributed by atoms with Crippen LogP contribution in [0.1, 0.15) is 5.56 Å². The highest BCUT2D eigenvalue weighted by Crippen LogP contribution is 2.16. The molecule has 2 aromatic rings. The lowest BCUT2D eigenvalue weighted by Crippen LogP contribution is -2.39. The highest BCUT2D eigenvalue weighted by molar-refractivity contribution is 6.30. The van der Waals surface area contributed by atoms with Crippen molar-refractivity contribution in [3.05, 3.63) is 59.1 Å². The maximum Gasteiger partial charge on any atom is 0.239 e. The minimum Gasteiger partial charge on any atom is -0.490 e. The molecule has 8 heteroatoms. The number of nitrogens with one attached hydrogen (secondary N) is 2. The fourth-order valence-corrected chi connectivity index (χ4v) is 2.19. The van der Waals surface area contributed by atoms with Crippen LogP contribution in [0.15, 0.2) is 48.5 Å². The van der Waals surface area contributed by atoms with Gasteiger partial charge in [-0.1, -0.05) is 23.7 Å². The van der Waals surface area contributed by atoms with Gasteiger partial charge in [0.2, 0.25) is 11.8 Å². The molecule has 0 radical (unpaired) electrons. The molecule has 0 spiro atoms. The fraction of sp³-hybridized carbons (Fsp3) is 0.263. The summed E-state index contributed by atoms with van der Waals surface area (Å²) in [5.41, 5.74) is 6.06. The Morgan fingerprint density at radius 2 is 1.41 bits per heavy atom. The lowest BCUT2D eigenvalue weighted by atomic mass is 10.2. The van der Waals surface area contributed by atoms with Gasteiger partial charge in [-0.3, -0.25) is 9.59 Å². The molecule has 0 saturated heterocycles. The molecule has 2 aromatic carbocycles. The second-order valence-corrected chi connectivity index (χ2v) is 5.99. The van der Waals surface area contributed by atoms with E-state index >= 15 is 0 Å². The molecule has 27 heavy (non-hydrogen) atoms. The quantitative estimate of drug-likeness (QED) is 0.532. The number of carbonyl (C=O) groups is 2. The standard InChI is InChI=1S/C19H22ClN3O4/c20-15-3-7-17(8-4-15)27-10-9-26-16-5-1-14(2-6-16)12-22-19(25)13-23-18(24)11-21/h1-8H,9-13,21H2,(H,22,25)(H,23,24). The van der Waals surface area contributed by atoms with E-state index in [0.29, 0.717) is 30.5 Å². The zero-order chi connectivity index (χ0) is 19.5. The SMILES string of the molecule is NCC(=O)NCC(=O)NCc1ccc(OCCOc2ccc(Cl)cc2)cc1. The minimum atomic E-state index is -0.369. The van der Waals surface area contributed by atoms with Crippen molar-refractivity contribution in [3.8, 4) is 11.5 Å². The molecule has 144 valence electrons. The predicted molar refractivity (Wildman–Crippen MR) is 103 cm³/mol. The van der Waals surface area contributed by atoms with Gasteiger partial charge in [0, 0.05) is 11.6 Å². The summed E-state index contributed by atoms with van der Waals surface area (Å²) in [5.74, 6) is 0.792. The molecule has 0 bridgehead atoms. The lowest BCUT2D eigenvalue weighted by Gasteiger charge is -2.10. The Balaban J connectivity index is 1.65. The first-order valence-corrected chi connectivity index (χ1v) is 8.78. The minimum absolute atomic E-state index is 0.0924. The first kappa shape index (κ1) is 20.5. The summed E-state index contributed by atoms with van der Waals surface area (Å²) in [6.45, 7) is 0.940. The van der Waals surface area contributed by atoms with Gasteiger partial charge in [0.15, 0.2) is 0 Å². The molecular weight excluding hydrogens is 370 g/mol. The van der Waals surface area contributed by atoms with Crippen molar-refractivity contribution in [3.63, 3.8) is 0 Å². The van der Waals surface area contributed by atoms with Crippen LogP contribution in [0.3, 0.4) is 0 Å². The van der Waals surface area contributed by atoms with Gasteiger partial charge in [0.1, 0.15) is 24.7 Å². The van der Waals surface area contributed by atoms with Crippen LogP contribution in [0.4, 0.5) is 0 Å². The van der Waals surface area contributed by atoms with Gasteiger partial charge >= 0.3 is 0 Å². The average molecular weight is 392 g/mol. The molecule has 0 aromatic heterocycles. The van der Waals surface area contributed by atoms with Crippen molar-refractivity contribution < 1.29 is 19.1 Å². The van der Waals surface area contributed by atoms with Crippen molar-refractivity contribution in [1.82, 2.24) is 10.6 Å².